The van der Waals surface area contributed by atoms with Crippen LogP contribution in [0.2, 0.25) is 0 Å². The molecule has 0 N–H and O–H groups in total. The summed E-state index contributed by atoms with van der Waals surface area (Å²) in [5.74, 6) is -2.42. The molecule has 5 nitrogen and oxygen atoms in total. The molecule has 1 saturated carbocycles. The highest BCUT2D eigenvalue weighted by atomic mass is 79.9. The molecule has 104 valence electrons. The van der Waals surface area contributed by atoms with Crippen LogP contribution in [0.25, 0.3) is 0 Å². The van der Waals surface area contributed by atoms with E-state index in [-0.39, 0.29) is 43.4 Å². The van der Waals surface area contributed by atoms with Gasteiger partial charge in [-0.05, 0) is 28.8 Å². The zero-order valence-corrected chi connectivity index (χ0v) is 11.4. The number of rotatable bonds is 3. The van der Waals surface area contributed by atoms with Gasteiger partial charge in [-0.3, -0.25) is 10.1 Å². The highest BCUT2D eigenvalue weighted by Crippen LogP contribution is 2.36. The third kappa shape index (κ3) is 3.59. The molecule has 0 radical (unpaired) electrons. The Kier molecular flexibility index (Phi) is 3.98. The SMILES string of the molecule is O=[N+]([O-])c1cnc(OC2CCC(F)(F)CC2)c(Br)c1. The van der Waals surface area contributed by atoms with E-state index >= 15 is 0 Å². The van der Waals surface area contributed by atoms with Gasteiger partial charge in [-0.2, -0.15) is 0 Å². The van der Waals surface area contributed by atoms with Gasteiger partial charge in [0, 0.05) is 18.9 Å². The lowest BCUT2D eigenvalue weighted by Gasteiger charge is -2.28. The van der Waals surface area contributed by atoms with Crippen LogP contribution in [-0.4, -0.2) is 21.9 Å². The monoisotopic (exact) mass is 336 g/mol. The Morgan fingerprint density at radius 3 is 2.63 bits per heavy atom. The van der Waals surface area contributed by atoms with E-state index in [9.17, 15) is 18.9 Å². The summed E-state index contributed by atoms with van der Waals surface area (Å²) in [6.07, 6.45) is 0.836. The lowest BCUT2D eigenvalue weighted by atomic mass is 9.94. The molecular weight excluding hydrogens is 326 g/mol. The summed E-state index contributed by atoms with van der Waals surface area (Å²) in [6.45, 7) is 0. The molecule has 0 amide bonds. The number of aromatic nitrogens is 1. The minimum atomic E-state index is -2.61. The summed E-state index contributed by atoms with van der Waals surface area (Å²) >= 11 is 3.12. The van der Waals surface area contributed by atoms with Gasteiger partial charge >= 0.3 is 0 Å². The number of ether oxygens (including phenoxy) is 1. The van der Waals surface area contributed by atoms with Crippen LogP contribution in [0.3, 0.4) is 0 Å². The third-order valence-electron chi connectivity index (χ3n) is 2.95. The van der Waals surface area contributed by atoms with Crippen molar-refractivity contribution in [2.24, 2.45) is 0 Å². The van der Waals surface area contributed by atoms with Gasteiger partial charge in [-0.15, -0.1) is 0 Å². The molecule has 0 aliphatic heterocycles. The molecule has 1 aliphatic rings. The van der Waals surface area contributed by atoms with E-state index in [2.05, 4.69) is 20.9 Å². The average molecular weight is 337 g/mol. The van der Waals surface area contributed by atoms with Crippen molar-refractivity contribution < 1.29 is 18.4 Å². The quantitative estimate of drug-likeness (QED) is 0.623. The second-order valence-electron chi connectivity index (χ2n) is 4.41. The van der Waals surface area contributed by atoms with Crippen molar-refractivity contribution in [2.75, 3.05) is 0 Å². The molecule has 0 bridgehead atoms. The van der Waals surface area contributed by atoms with E-state index in [1.165, 1.54) is 6.07 Å². The number of halogens is 3. The molecule has 0 spiro atoms. The molecule has 0 aromatic carbocycles. The van der Waals surface area contributed by atoms with Gasteiger partial charge in [0.1, 0.15) is 12.3 Å². The number of nitrogens with zero attached hydrogens (tertiary/aromatic N) is 2. The van der Waals surface area contributed by atoms with Crippen molar-refractivity contribution in [3.63, 3.8) is 0 Å². The van der Waals surface area contributed by atoms with Gasteiger partial charge in [0.25, 0.3) is 5.69 Å². The first-order valence-electron chi connectivity index (χ1n) is 5.72. The average Bonchev–Trinajstić information content (AvgIpc) is 2.34. The Labute approximate surface area is 116 Å². The topological polar surface area (TPSA) is 65.3 Å². The van der Waals surface area contributed by atoms with Crippen molar-refractivity contribution in [3.05, 3.63) is 26.9 Å². The van der Waals surface area contributed by atoms with Crippen LogP contribution < -0.4 is 4.74 Å². The van der Waals surface area contributed by atoms with Crippen molar-refractivity contribution in [2.45, 2.75) is 37.7 Å². The zero-order valence-electron chi connectivity index (χ0n) is 9.81. The van der Waals surface area contributed by atoms with Crippen LogP contribution in [0.15, 0.2) is 16.7 Å². The molecular formula is C11H11BrF2N2O3. The summed E-state index contributed by atoms with van der Waals surface area (Å²) in [4.78, 5) is 13.8. The van der Waals surface area contributed by atoms with Crippen LogP contribution in [0.1, 0.15) is 25.7 Å². The van der Waals surface area contributed by atoms with E-state index in [4.69, 9.17) is 4.74 Å². The van der Waals surface area contributed by atoms with Gasteiger partial charge in [0.2, 0.25) is 11.8 Å². The second kappa shape index (κ2) is 5.36. The van der Waals surface area contributed by atoms with Crippen molar-refractivity contribution in [3.8, 4) is 5.88 Å². The maximum absolute atomic E-state index is 13.0. The molecule has 2 rings (SSSR count). The first kappa shape index (κ1) is 14.1. The molecule has 1 aliphatic carbocycles. The Morgan fingerprint density at radius 2 is 2.11 bits per heavy atom. The van der Waals surface area contributed by atoms with Gasteiger partial charge in [0.15, 0.2) is 0 Å². The first-order valence-corrected chi connectivity index (χ1v) is 6.51. The summed E-state index contributed by atoms with van der Waals surface area (Å²) in [7, 11) is 0. The maximum atomic E-state index is 13.0. The van der Waals surface area contributed by atoms with Crippen LogP contribution in [0.4, 0.5) is 14.5 Å². The van der Waals surface area contributed by atoms with Crippen LogP contribution in [-0.2, 0) is 0 Å². The van der Waals surface area contributed by atoms with Crippen molar-refractivity contribution in [1.29, 1.82) is 0 Å². The number of pyridine rings is 1. The van der Waals surface area contributed by atoms with Gasteiger partial charge in [-0.1, -0.05) is 0 Å². The van der Waals surface area contributed by atoms with E-state index in [1.54, 1.807) is 0 Å². The number of alkyl halides is 2. The molecule has 1 aromatic heterocycles. The molecule has 8 heteroatoms. The van der Waals surface area contributed by atoms with Crippen LogP contribution in [0, 0.1) is 10.1 Å². The smallest absolute Gasteiger partial charge is 0.288 e. The summed E-state index contributed by atoms with van der Waals surface area (Å²) < 4.78 is 31.8. The molecule has 1 fully saturated rings. The lowest BCUT2D eigenvalue weighted by Crippen LogP contribution is -2.31. The minimum Gasteiger partial charge on any atom is -0.474 e. The van der Waals surface area contributed by atoms with E-state index in [0.717, 1.165) is 6.20 Å². The minimum absolute atomic E-state index is 0.158. The third-order valence-corrected chi connectivity index (χ3v) is 3.51. The maximum Gasteiger partial charge on any atom is 0.288 e. The first-order chi connectivity index (χ1) is 8.87. The number of hydrogen-bond acceptors (Lipinski definition) is 4. The van der Waals surface area contributed by atoms with E-state index in [1.807, 2.05) is 0 Å². The molecule has 0 saturated heterocycles. The summed E-state index contributed by atoms with van der Waals surface area (Å²) in [5, 5.41) is 10.5. The second-order valence-corrected chi connectivity index (χ2v) is 5.27. The Bertz CT molecular complexity index is 489. The molecule has 1 heterocycles. The van der Waals surface area contributed by atoms with Crippen molar-refractivity contribution in [1.82, 2.24) is 4.98 Å². The summed E-state index contributed by atoms with van der Waals surface area (Å²) in [5.41, 5.74) is -0.158. The predicted molar refractivity (Wildman–Crippen MR) is 66.4 cm³/mol. The largest absolute Gasteiger partial charge is 0.474 e. The van der Waals surface area contributed by atoms with Gasteiger partial charge in [-0.25, -0.2) is 13.8 Å². The number of hydrogen-bond donors (Lipinski definition) is 0. The fourth-order valence-electron chi connectivity index (χ4n) is 1.89. The van der Waals surface area contributed by atoms with E-state index < -0.39 is 10.8 Å². The molecule has 0 atom stereocenters. The predicted octanol–water partition coefficient (Wildman–Crippen LogP) is 3.71. The lowest BCUT2D eigenvalue weighted by molar-refractivity contribution is -0.385. The highest BCUT2D eigenvalue weighted by molar-refractivity contribution is 9.10. The molecule has 0 unspecified atom stereocenters. The normalized spacial score (nSPS) is 19.1. The Hall–Kier alpha value is -1.31. The van der Waals surface area contributed by atoms with Gasteiger partial charge in [0.05, 0.1) is 9.40 Å². The standard InChI is InChI=1S/C11H11BrF2N2O3/c12-9-5-7(16(17)18)6-15-10(9)19-8-1-3-11(13,14)4-2-8/h5-6,8H,1-4H2. The number of nitro groups is 1. The zero-order chi connectivity index (χ0) is 14.0. The highest BCUT2D eigenvalue weighted by Gasteiger charge is 2.36. The molecule has 1 aromatic rings. The summed E-state index contributed by atoms with van der Waals surface area (Å²) in [6, 6.07) is 1.28. The van der Waals surface area contributed by atoms with Crippen molar-refractivity contribution >= 4 is 21.6 Å². The van der Waals surface area contributed by atoms with Gasteiger partial charge < -0.3 is 4.74 Å². The fraction of sp³-hybridized carbons (Fsp3) is 0.545. The Balaban J connectivity index is 2.02. The Morgan fingerprint density at radius 1 is 1.47 bits per heavy atom. The fourth-order valence-corrected chi connectivity index (χ4v) is 2.32. The van der Waals surface area contributed by atoms with E-state index in [0.29, 0.717) is 4.47 Å². The van der Waals surface area contributed by atoms with Crippen LogP contribution in [0.5, 0.6) is 5.88 Å². The molecule has 19 heavy (non-hydrogen) atoms. The van der Waals surface area contributed by atoms with Crippen LogP contribution >= 0.6 is 15.9 Å².